The van der Waals surface area contributed by atoms with Gasteiger partial charge in [0.15, 0.2) is 5.16 Å². The van der Waals surface area contributed by atoms with Gasteiger partial charge in [0.2, 0.25) is 5.91 Å². The second-order valence-electron chi connectivity index (χ2n) is 6.49. The molecule has 0 aliphatic rings. The number of hydrogen-bond acceptors (Lipinski definition) is 4. The van der Waals surface area contributed by atoms with Crippen LogP contribution in [0.1, 0.15) is 5.69 Å². The van der Waals surface area contributed by atoms with Gasteiger partial charge in [0, 0.05) is 22.5 Å². The van der Waals surface area contributed by atoms with E-state index in [1.165, 1.54) is 11.8 Å². The van der Waals surface area contributed by atoms with Crippen molar-refractivity contribution in [2.75, 3.05) is 5.75 Å². The maximum Gasteiger partial charge on any atom is 0.230 e. The molecular formula is C23H19ClN4OS. The van der Waals surface area contributed by atoms with Gasteiger partial charge in [-0.15, -0.1) is 0 Å². The molecule has 2 heterocycles. The molecule has 2 aromatic heterocycles. The number of aromatic nitrogens is 3. The zero-order valence-corrected chi connectivity index (χ0v) is 17.6. The van der Waals surface area contributed by atoms with Gasteiger partial charge in [0.05, 0.1) is 29.9 Å². The molecule has 150 valence electrons. The highest BCUT2D eigenvalue weighted by Crippen LogP contribution is 2.30. The van der Waals surface area contributed by atoms with Crippen LogP contribution in [0.4, 0.5) is 0 Å². The van der Waals surface area contributed by atoms with Gasteiger partial charge in [-0.2, -0.15) is 0 Å². The summed E-state index contributed by atoms with van der Waals surface area (Å²) in [5.74, 6) is 0.172. The number of amides is 1. The van der Waals surface area contributed by atoms with Gasteiger partial charge in [0.25, 0.3) is 0 Å². The fourth-order valence-electron chi connectivity index (χ4n) is 2.99. The number of pyridine rings is 1. The Bertz CT molecular complexity index is 1130. The minimum absolute atomic E-state index is 0.0763. The van der Waals surface area contributed by atoms with Gasteiger partial charge in [-0.05, 0) is 30.3 Å². The van der Waals surface area contributed by atoms with E-state index in [9.17, 15) is 4.79 Å². The molecule has 7 heteroatoms. The van der Waals surface area contributed by atoms with E-state index in [-0.39, 0.29) is 11.7 Å². The van der Waals surface area contributed by atoms with Gasteiger partial charge < -0.3 is 5.32 Å². The van der Waals surface area contributed by atoms with Crippen LogP contribution in [0, 0.1) is 0 Å². The van der Waals surface area contributed by atoms with Crippen molar-refractivity contribution in [2.45, 2.75) is 11.7 Å². The molecule has 30 heavy (non-hydrogen) atoms. The van der Waals surface area contributed by atoms with E-state index in [0.717, 1.165) is 27.8 Å². The number of rotatable bonds is 7. The first-order valence-electron chi connectivity index (χ1n) is 9.39. The van der Waals surface area contributed by atoms with Crippen molar-refractivity contribution >= 4 is 29.3 Å². The van der Waals surface area contributed by atoms with Gasteiger partial charge >= 0.3 is 0 Å². The van der Waals surface area contributed by atoms with Crippen LogP contribution in [0.5, 0.6) is 0 Å². The molecule has 5 nitrogen and oxygen atoms in total. The maximum absolute atomic E-state index is 12.4. The first kappa shape index (κ1) is 20.2. The highest BCUT2D eigenvalue weighted by Gasteiger charge is 2.15. The third kappa shape index (κ3) is 4.90. The smallest absolute Gasteiger partial charge is 0.230 e. The summed E-state index contributed by atoms with van der Waals surface area (Å²) in [6.07, 6.45) is 3.54. The largest absolute Gasteiger partial charge is 0.350 e. The predicted molar refractivity (Wildman–Crippen MR) is 121 cm³/mol. The number of halogens is 1. The summed E-state index contributed by atoms with van der Waals surface area (Å²) < 4.78 is 2.03. The van der Waals surface area contributed by atoms with Crippen molar-refractivity contribution in [3.63, 3.8) is 0 Å². The molecule has 1 amide bonds. The van der Waals surface area contributed by atoms with Crippen LogP contribution in [0.2, 0.25) is 5.02 Å². The van der Waals surface area contributed by atoms with E-state index in [1.807, 2.05) is 83.6 Å². The number of nitrogens with zero attached hydrogens (tertiary/aromatic N) is 3. The molecule has 1 N–H and O–H groups in total. The number of carbonyl (C=O) groups excluding carboxylic acids is 1. The molecule has 0 fully saturated rings. The molecule has 2 aromatic carbocycles. The van der Waals surface area contributed by atoms with Crippen LogP contribution in [-0.4, -0.2) is 26.2 Å². The molecule has 0 aliphatic carbocycles. The van der Waals surface area contributed by atoms with Crippen LogP contribution in [-0.2, 0) is 11.3 Å². The fourth-order valence-corrected chi connectivity index (χ4v) is 3.99. The van der Waals surface area contributed by atoms with Gasteiger partial charge in [0.1, 0.15) is 0 Å². The van der Waals surface area contributed by atoms with Crippen molar-refractivity contribution in [1.82, 2.24) is 19.9 Å². The minimum atomic E-state index is -0.0763. The lowest BCUT2D eigenvalue weighted by Crippen LogP contribution is -2.25. The highest BCUT2D eigenvalue weighted by molar-refractivity contribution is 7.99. The zero-order chi connectivity index (χ0) is 20.8. The van der Waals surface area contributed by atoms with Crippen molar-refractivity contribution in [3.8, 4) is 16.9 Å². The minimum Gasteiger partial charge on any atom is -0.350 e. The summed E-state index contributed by atoms with van der Waals surface area (Å²) in [4.78, 5) is 21.1. The monoisotopic (exact) mass is 434 g/mol. The van der Waals surface area contributed by atoms with Crippen LogP contribution in [0.15, 0.2) is 90.3 Å². The second-order valence-corrected chi connectivity index (χ2v) is 7.87. The van der Waals surface area contributed by atoms with Gasteiger partial charge in [-0.25, -0.2) is 4.98 Å². The molecule has 0 saturated heterocycles. The molecule has 0 saturated carbocycles. The lowest BCUT2D eigenvalue weighted by Gasteiger charge is -2.12. The summed E-state index contributed by atoms with van der Waals surface area (Å²) in [6.45, 7) is 0.401. The molecule has 0 spiro atoms. The van der Waals surface area contributed by atoms with Crippen LogP contribution in [0.25, 0.3) is 16.9 Å². The van der Waals surface area contributed by atoms with Gasteiger partial charge in [-0.1, -0.05) is 65.8 Å². The standard InChI is InChI=1S/C23H19ClN4OS/c24-18-9-6-11-20(13-18)28-21(17-7-2-1-3-8-17)15-27-23(28)30-16-22(29)26-14-19-10-4-5-12-25-19/h1-13,15H,14,16H2,(H,26,29). The Morgan fingerprint density at radius 2 is 1.83 bits per heavy atom. The van der Waals surface area contributed by atoms with Crippen molar-refractivity contribution in [1.29, 1.82) is 0 Å². The van der Waals surface area contributed by atoms with E-state index in [2.05, 4.69) is 15.3 Å². The molecule has 0 unspecified atom stereocenters. The van der Waals surface area contributed by atoms with E-state index < -0.39 is 0 Å². The number of imidazole rings is 1. The lowest BCUT2D eigenvalue weighted by atomic mass is 10.1. The van der Waals surface area contributed by atoms with E-state index in [0.29, 0.717) is 11.6 Å². The zero-order valence-electron chi connectivity index (χ0n) is 16.0. The average Bonchev–Trinajstić information content (AvgIpc) is 3.21. The van der Waals surface area contributed by atoms with Crippen molar-refractivity contribution in [3.05, 3.63) is 95.9 Å². The van der Waals surface area contributed by atoms with Gasteiger partial charge in [-0.3, -0.25) is 14.3 Å². The molecule has 0 atom stereocenters. The van der Waals surface area contributed by atoms with Crippen molar-refractivity contribution < 1.29 is 4.79 Å². The first-order valence-corrected chi connectivity index (χ1v) is 10.8. The second kappa shape index (κ2) is 9.61. The number of carbonyl (C=O) groups is 1. The third-order valence-corrected chi connectivity index (χ3v) is 5.58. The van der Waals surface area contributed by atoms with E-state index in [1.54, 1.807) is 6.20 Å². The summed E-state index contributed by atoms with van der Waals surface area (Å²) in [5, 5.41) is 4.26. The van der Waals surface area contributed by atoms with E-state index >= 15 is 0 Å². The van der Waals surface area contributed by atoms with Crippen LogP contribution >= 0.6 is 23.4 Å². The Morgan fingerprint density at radius 3 is 2.60 bits per heavy atom. The van der Waals surface area contributed by atoms with Crippen LogP contribution in [0.3, 0.4) is 0 Å². The lowest BCUT2D eigenvalue weighted by molar-refractivity contribution is -0.118. The number of benzene rings is 2. The maximum atomic E-state index is 12.4. The molecule has 4 aromatic rings. The first-order chi connectivity index (χ1) is 14.7. The Balaban J connectivity index is 1.54. The Morgan fingerprint density at radius 1 is 1.00 bits per heavy atom. The Kier molecular flexibility index (Phi) is 6.47. The summed E-state index contributed by atoms with van der Waals surface area (Å²) in [7, 11) is 0. The SMILES string of the molecule is O=C(CSc1ncc(-c2ccccc2)n1-c1cccc(Cl)c1)NCc1ccccn1. The molecule has 4 rings (SSSR count). The molecular weight excluding hydrogens is 416 g/mol. The quantitative estimate of drug-likeness (QED) is 0.416. The molecule has 0 bridgehead atoms. The summed E-state index contributed by atoms with van der Waals surface area (Å²) >= 11 is 7.61. The van der Waals surface area contributed by atoms with E-state index in [4.69, 9.17) is 11.6 Å². The average molecular weight is 435 g/mol. The third-order valence-electron chi connectivity index (χ3n) is 4.39. The number of hydrogen-bond donors (Lipinski definition) is 1. The topological polar surface area (TPSA) is 59.8 Å². The number of nitrogens with one attached hydrogen (secondary N) is 1. The number of thioether (sulfide) groups is 1. The Hall–Kier alpha value is -3.09. The fraction of sp³-hybridized carbons (Fsp3) is 0.0870. The normalized spacial score (nSPS) is 10.7. The highest BCUT2D eigenvalue weighted by atomic mass is 35.5. The molecule has 0 radical (unpaired) electrons. The predicted octanol–water partition coefficient (Wildman–Crippen LogP) is 5.00. The summed E-state index contributed by atoms with van der Waals surface area (Å²) in [5.41, 5.74) is 3.70. The Labute approximate surface area is 184 Å². The molecule has 0 aliphatic heterocycles. The summed E-state index contributed by atoms with van der Waals surface area (Å²) in [6, 6.07) is 23.3. The van der Waals surface area contributed by atoms with Crippen molar-refractivity contribution in [2.24, 2.45) is 0 Å². The van der Waals surface area contributed by atoms with Crippen LogP contribution < -0.4 is 5.32 Å².